The van der Waals surface area contributed by atoms with Crippen molar-refractivity contribution in [2.24, 2.45) is 4.99 Å². The number of carbonyl (C=O) groups excluding carboxylic acids is 1. The summed E-state index contributed by atoms with van der Waals surface area (Å²) in [4.78, 5) is 18.8. The second kappa shape index (κ2) is 7.49. The number of para-hydroxylation sites is 1. The molecule has 5 heteroatoms. The average molecular weight is 337 g/mol. The molecule has 1 amide bonds. The first-order chi connectivity index (χ1) is 12.1. The highest BCUT2D eigenvalue weighted by Crippen LogP contribution is 2.31. The SMILES string of the molecule is COCCN(C)c1ccc(N=CC2C(=O)Nc3ccccc32)cc1C. The van der Waals surface area contributed by atoms with Crippen LogP contribution in [0.2, 0.25) is 0 Å². The Morgan fingerprint density at radius 1 is 1.28 bits per heavy atom. The number of likely N-dealkylation sites (N-methyl/N-ethyl adjacent to an activating group) is 1. The van der Waals surface area contributed by atoms with Crippen molar-refractivity contribution < 1.29 is 9.53 Å². The number of fused-ring (bicyclic) bond motifs is 1. The number of nitrogens with one attached hydrogen (secondary N) is 1. The van der Waals surface area contributed by atoms with Crippen LogP contribution in [0, 0.1) is 6.92 Å². The molecular formula is C20H23N3O2. The average Bonchev–Trinajstić information content (AvgIpc) is 2.93. The molecule has 1 unspecified atom stereocenters. The zero-order valence-electron chi connectivity index (χ0n) is 14.8. The van der Waals surface area contributed by atoms with Gasteiger partial charge in [-0.1, -0.05) is 18.2 Å². The summed E-state index contributed by atoms with van der Waals surface area (Å²) in [6.07, 6.45) is 1.73. The van der Waals surface area contributed by atoms with E-state index in [-0.39, 0.29) is 11.8 Å². The summed E-state index contributed by atoms with van der Waals surface area (Å²) in [6, 6.07) is 13.8. The lowest BCUT2D eigenvalue weighted by Gasteiger charge is -2.21. The second-order valence-electron chi connectivity index (χ2n) is 6.22. The minimum atomic E-state index is -0.333. The molecule has 0 aliphatic carbocycles. The Labute approximate surface area is 148 Å². The number of aliphatic imine (C=N–C) groups is 1. The van der Waals surface area contributed by atoms with E-state index in [9.17, 15) is 4.79 Å². The zero-order chi connectivity index (χ0) is 17.8. The van der Waals surface area contributed by atoms with Crippen molar-refractivity contribution in [2.45, 2.75) is 12.8 Å². The first-order valence-corrected chi connectivity index (χ1v) is 8.35. The third-order valence-corrected chi connectivity index (χ3v) is 4.43. The Morgan fingerprint density at radius 2 is 2.08 bits per heavy atom. The van der Waals surface area contributed by atoms with Crippen LogP contribution in [-0.2, 0) is 9.53 Å². The molecule has 25 heavy (non-hydrogen) atoms. The van der Waals surface area contributed by atoms with Crippen LogP contribution in [0.15, 0.2) is 47.5 Å². The van der Waals surface area contributed by atoms with Crippen LogP contribution >= 0.6 is 0 Å². The normalized spacial score (nSPS) is 16.1. The number of amides is 1. The standard InChI is InChI=1S/C20H23N3O2/c1-14-12-15(8-9-19(14)23(2)10-11-25-3)21-13-17-16-6-4-5-7-18(16)22-20(17)24/h4-9,12-13,17H,10-11H2,1-3H3,(H,22,24). The number of rotatable bonds is 6. The van der Waals surface area contributed by atoms with Crippen molar-refractivity contribution in [3.05, 3.63) is 53.6 Å². The number of benzene rings is 2. The number of methoxy groups -OCH3 is 1. The van der Waals surface area contributed by atoms with E-state index in [1.54, 1.807) is 13.3 Å². The molecule has 1 aliphatic heterocycles. The third-order valence-electron chi connectivity index (χ3n) is 4.43. The van der Waals surface area contributed by atoms with Crippen molar-refractivity contribution in [1.29, 1.82) is 0 Å². The minimum Gasteiger partial charge on any atom is -0.383 e. The van der Waals surface area contributed by atoms with Gasteiger partial charge in [-0.2, -0.15) is 0 Å². The number of hydrogen-bond acceptors (Lipinski definition) is 4. The van der Waals surface area contributed by atoms with Crippen LogP contribution in [0.1, 0.15) is 17.0 Å². The number of anilines is 2. The topological polar surface area (TPSA) is 53.9 Å². The Balaban J connectivity index is 1.76. The van der Waals surface area contributed by atoms with Crippen molar-refractivity contribution in [2.75, 3.05) is 37.5 Å². The van der Waals surface area contributed by atoms with Gasteiger partial charge < -0.3 is 15.0 Å². The molecule has 1 aliphatic rings. The number of hydrogen-bond donors (Lipinski definition) is 1. The van der Waals surface area contributed by atoms with Crippen LogP contribution in [0.4, 0.5) is 17.1 Å². The molecular weight excluding hydrogens is 314 g/mol. The van der Waals surface area contributed by atoms with Gasteiger partial charge in [-0.05, 0) is 42.3 Å². The van der Waals surface area contributed by atoms with Gasteiger partial charge in [0.1, 0.15) is 5.92 Å². The molecule has 0 fully saturated rings. The summed E-state index contributed by atoms with van der Waals surface area (Å²) in [6.45, 7) is 3.58. The summed E-state index contributed by atoms with van der Waals surface area (Å²) in [5.74, 6) is -0.363. The molecule has 0 bridgehead atoms. The first kappa shape index (κ1) is 17.2. The van der Waals surface area contributed by atoms with Gasteiger partial charge in [-0.3, -0.25) is 9.79 Å². The van der Waals surface area contributed by atoms with Crippen LogP contribution in [0.3, 0.4) is 0 Å². The maximum atomic E-state index is 12.1. The molecule has 3 rings (SSSR count). The van der Waals surface area contributed by atoms with Gasteiger partial charge >= 0.3 is 0 Å². The van der Waals surface area contributed by atoms with Crippen molar-refractivity contribution in [1.82, 2.24) is 0 Å². The smallest absolute Gasteiger partial charge is 0.237 e. The van der Waals surface area contributed by atoms with E-state index >= 15 is 0 Å². The van der Waals surface area contributed by atoms with Gasteiger partial charge in [-0.15, -0.1) is 0 Å². The fourth-order valence-electron chi connectivity index (χ4n) is 3.04. The monoisotopic (exact) mass is 337 g/mol. The van der Waals surface area contributed by atoms with Crippen LogP contribution in [0.5, 0.6) is 0 Å². The number of ether oxygens (including phenoxy) is 1. The number of carbonyl (C=O) groups is 1. The number of nitrogens with zero attached hydrogens (tertiary/aromatic N) is 2. The van der Waals surface area contributed by atoms with Gasteiger partial charge in [0.15, 0.2) is 0 Å². The molecule has 1 heterocycles. The van der Waals surface area contributed by atoms with Gasteiger partial charge in [0, 0.05) is 38.3 Å². The van der Waals surface area contributed by atoms with Crippen LogP contribution < -0.4 is 10.2 Å². The lowest BCUT2D eigenvalue weighted by Crippen LogP contribution is -2.22. The predicted octanol–water partition coefficient (Wildman–Crippen LogP) is 3.52. The third kappa shape index (κ3) is 3.72. The summed E-state index contributed by atoms with van der Waals surface area (Å²) >= 11 is 0. The highest BCUT2D eigenvalue weighted by atomic mass is 16.5. The van der Waals surface area contributed by atoms with Crippen molar-refractivity contribution in [3.8, 4) is 0 Å². The molecule has 1 atom stereocenters. The van der Waals surface area contributed by atoms with E-state index in [4.69, 9.17) is 4.74 Å². The lowest BCUT2D eigenvalue weighted by molar-refractivity contribution is -0.115. The molecule has 0 saturated carbocycles. The highest BCUT2D eigenvalue weighted by molar-refractivity contribution is 6.12. The fraction of sp³-hybridized carbons (Fsp3) is 0.300. The molecule has 0 saturated heterocycles. The second-order valence-corrected chi connectivity index (χ2v) is 6.22. The van der Waals surface area contributed by atoms with E-state index in [2.05, 4.69) is 28.2 Å². The molecule has 5 nitrogen and oxygen atoms in total. The first-order valence-electron chi connectivity index (χ1n) is 8.35. The molecule has 1 N–H and O–H groups in total. The zero-order valence-corrected chi connectivity index (χ0v) is 14.8. The summed E-state index contributed by atoms with van der Waals surface area (Å²) in [7, 11) is 3.75. The van der Waals surface area contributed by atoms with Gasteiger partial charge in [0.25, 0.3) is 0 Å². The van der Waals surface area contributed by atoms with E-state index < -0.39 is 0 Å². The predicted molar refractivity (Wildman–Crippen MR) is 102 cm³/mol. The van der Waals surface area contributed by atoms with Gasteiger partial charge in [-0.25, -0.2) is 0 Å². The van der Waals surface area contributed by atoms with E-state index in [1.165, 1.54) is 0 Å². The van der Waals surface area contributed by atoms with E-state index in [0.717, 1.165) is 34.7 Å². The largest absolute Gasteiger partial charge is 0.383 e. The molecule has 0 spiro atoms. The van der Waals surface area contributed by atoms with Gasteiger partial charge in [0.05, 0.1) is 12.3 Å². The Kier molecular flexibility index (Phi) is 5.14. The number of aryl methyl sites for hydroxylation is 1. The Hall–Kier alpha value is -2.66. The molecule has 2 aromatic carbocycles. The summed E-state index contributed by atoms with van der Waals surface area (Å²) < 4.78 is 5.13. The van der Waals surface area contributed by atoms with E-state index in [1.807, 2.05) is 43.4 Å². The highest BCUT2D eigenvalue weighted by Gasteiger charge is 2.28. The quantitative estimate of drug-likeness (QED) is 0.821. The molecule has 0 aromatic heterocycles. The molecule has 130 valence electrons. The molecule has 2 aromatic rings. The maximum absolute atomic E-state index is 12.1. The van der Waals surface area contributed by atoms with Gasteiger partial charge in [0.2, 0.25) is 5.91 Å². The Morgan fingerprint density at radius 3 is 2.84 bits per heavy atom. The maximum Gasteiger partial charge on any atom is 0.237 e. The lowest BCUT2D eigenvalue weighted by atomic mass is 10.0. The molecule has 0 radical (unpaired) electrons. The Bertz CT molecular complexity index is 801. The van der Waals surface area contributed by atoms with Crippen LogP contribution in [0.25, 0.3) is 0 Å². The van der Waals surface area contributed by atoms with Crippen molar-refractivity contribution in [3.63, 3.8) is 0 Å². The fourth-order valence-corrected chi connectivity index (χ4v) is 3.04. The summed E-state index contributed by atoms with van der Waals surface area (Å²) in [5, 5.41) is 2.89. The van der Waals surface area contributed by atoms with E-state index in [0.29, 0.717) is 6.61 Å². The summed E-state index contributed by atoms with van der Waals surface area (Å²) in [5.41, 5.74) is 4.99. The minimum absolute atomic E-state index is 0.0300. The van der Waals surface area contributed by atoms with Crippen molar-refractivity contribution >= 4 is 29.2 Å². The van der Waals surface area contributed by atoms with Crippen LogP contribution in [-0.4, -0.2) is 39.4 Å².